The molecule has 1 aromatic rings. The normalized spacial score (nSPS) is 11.9. The molecule has 1 nitrogen and oxygen atoms in total. The third-order valence-electron chi connectivity index (χ3n) is 2.44. The summed E-state index contributed by atoms with van der Waals surface area (Å²) in [5.41, 5.74) is 8.41. The zero-order valence-corrected chi connectivity index (χ0v) is 9.32. The number of nitrogens with two attached hydrogens (primary N) is 1. The van der Waals surface area contributed by atoms with Gasteiger partial charge in [-0.05, 0) is 56.9 Å². The Balaban J connectivity index is 3.13. The Morgan fingerprint density at radius 3 is 2.36 bits per heavy atom. The second-order valence-corrected chi connectivity index (χ2v) is 4.63. The summed E-state index contributed by atoms with van der Waals surface area (Å²) in [7, 11) is 0. The third-order valence-corrected chi connectivity index (χ3v) is 2.44. The fourth-order valence-corrected chi connectivity index (χ4v) is 1.51. The molecule has 0 fully saturated rings. The van der Waals surface area contributed by atoms with Crippen molar-refractivity contribution in [1.29, 1.82) is 0 Å². The lowest BCUT2D eigenvalue weighted by molar-refractivity contribution is 0.495. The molecule has 1 rings (SSSR count). The third kappa shape index (κ3) is 2.55. The Labute approximate surface area is 85.1 Å². The molecule has 0 saturated carbocycles. The number of rotatable bonds is 2. The number of halogens is 1. The first-order chi connectivity index (χ1) is 6.31. The van der Waals surface area contributed by atoms with Gasteiger partial charge < -0.3 is 5.73 Å². The molecule has 0 aromatic heterocycles. The molecule has 0 spiro atoms. The fraction of sp³-hybridized carbons (Fsp3) is 0.500. The highest BCUT2D eigenvalue weighted by Gasteiger charge is 2.17. The van der Waals surface area contributed by atoms with Gasteiger partial charge in [-0.15, -0.1) is 0 Å². The molecular formula is C12H18FN. The van der Waals surface area contributed by atoms with Crippen LogP contribution >= 0.6 is 0 Å². The van der Waals surface area contributed by atoms with E-state index >= 15 is 0 Å². The largest absolute Gasteiger partial charge is 0.325 e. The van der Waals surface area contributed by atoms with Gasteiger partial charge >= 0.3 is 0 Å². The highest BCUT2D eigenvalue weighted by molar-refractivity contribution is 5.35. The Bertz CT molecular complexity index is 337. The molecule has 0 unspecified atom stereocenters. The minimum atomic E-state index is -0.362. The average molecular weight is 195 g/mol. The molecule has 0 aliphatic heterocycles. The molecule has 2 N–H and O–H groups in total. The SMILES string of the molecule is Cc1ccc(F)c(CC(C)(C)N)c1C. The molecular weight excluding hydrogens is 177 g/mol. The topological polar surface area (TPSA) is 26.0 Å². The Kier molecular flexibility index (Phi) is 2.95. The molecule has 0 saturated heterocycles. The van der Waals surface area contributed by atoms with E-state index in [1.165, 1.54) is 6.07 Å². The Hall–Kier alpha value is -0.890. The van der Waals surface area contributed by atoms with E-state index in [9.17, 15) is 4.39 Å². The second kappa shape index (κ2) is 3.70. The standard InChI is InChI=1S/C12H18FN/c1-8-5-6-11(13)10(9(8)2)7-12(3,4)14/h5-6H,7,14H2,1-4H3. The lowest BCUT2D eigenvalue weighted by atomic mass is 9.91. The molecule has 0 atom stereocenters. The Morgan fingerprint density at radius 2 is 1.86 bits per heavy atom. The maximum Gasteiger partial charge on any atom is 0.126 e. The van der Waals surface area contributed by atoms with Gasteiger partial charge in [0, 0.05) is 5.54 Å². The quantitative estimate of drug-likeness (QED) is 0.771. The Morgan fingerprint density at radius 1 is 1.29 bits per heavy atom. The van der Waals surface area contributed by atoms with E-state index in [-0.39, 0.29) is 11.4 Å². The van der Waals surface area contributed by atoms with Crippen LogP contribution in [0.15, 0.2) is 12.1 Å². The van der Waals surface area contributed by atoms with Gasteiger partial charge in [-0.3, -0.25) is 0 Å². The molecule has 14 heavy (non-hydrogen) atoms. The predicted molar refractivity (Wildman–Crippen MR) is 57.8 cm³/mol. The van der Waals surface area contributed by atoms with Crippen molar-refractivity contribution in [1.82, 2.24) is 0 Å². The highest BCUT2D eigenvalue weighted by atomic mass is 19.1. The summed E-state index contributed by atoms with van der Waals surface area (Å²) in [4.78, 5) is 0. The van der Waals surface area contributed by atoms with E-state index < -0.39 is 0 Å². The van der Waals surface area contributed by atoms with E-state index in [4.69, 9.17) is 5.73 Å². The van der Waals surface area contributed by atoms with E-state index in [1.54, 1.807) is 6.07 Å². The van der Waals surface area contributed by atoms with Gasteiger partial charge in [0.05, 0.1) is 0 Å². The van der Waals surface area contributed by atoms with Crippen LogP contribution in [0.2, 0.25) is 0 Å². The van der Waals surface area contributed by atoms with Crippen LogP contribution in [0.1, 0.15) is 30.5 Å². The van der Waals surface area contributed by atoms with Crippen molar-refractivity contribution in [3.8, 4) is 0 Å². The van der Waals surface area contributed by atoms with Crippen molar-refractivity contribution in [2.24, 2.45) is 5.73 Å². The van der Waals surface area contributed by atoms with Crippen LogP contribution in [-0.4, -0.2) is 5.54 Å². The maximum absolute atomic E-state index is 13.5. The van der Waals surface area contributed by atoms with Crippen molar-refractivity contribution in [3.63, 3.8) is 0 Å². The molecule has 0 amide bonds. The first-order valence-electron chi connectivity index (χ1n) is 4.85. The van der Waals surface area contributed by atoms with Crippen LogP contribution in [0.4, 0.5) is 4.39 Å². The van der Waals surface area contributed by atoms with Crippen LogP contribution in [0.5, 0.6) is 0 Å². The number of hydrogen-bond acceptors (Lipinski definition) is 1. The van der Waals surface area contributed by atoms with Crippen molar-refractivity contribution in [3.05, 3.63) is 34.6 Å². The van der Waals surface area contributed by atoms with E-state index in [0.717, 1.165) is 16.7 Å². The second-order valence-electron chi connectivity index (χ2n) is 4.63. The summed E-state index contributed by atoms with van der Waals surface area (Å²) in [6.07, 6.45) is 0.576. The molecule has 2 heteroatoms. The van der Waals surface area contributed by atoms with Gasteiger partial charge in [0.2, 0.25) is 0 Å². The van der Waals surface area contributed by atoms with Crippen molar-refractivity contribution >= 4 is 0 Å². The van der Waals surface area contributed by atoms with Crippen LogP contribution in [0.3, 0.4) is 0 Å². The van der Waals surface area contributed by atoms with Gasteiger partial charge in [-0.1, -0.05) is 6.07 Å². The summed E-state index contributed by atoms with van der Waals surface area (Å²) < 4.78 is 13.5. The van der Waals surface area contributed by atoms with Crippen molar-refractivity contribution in [2.75, 3.05) is 0 Å². The lowest BCUT2D eigenvalue weighted by Gasteiger charge is -2.21. The summed E-state index contributed by atoms with van der Waals surface area (Å²) in [5.74, 6) is -0.147. The summed E-state index contributed by atoms with van der Waals surface area (Å²) in [6, 6.07) is 3.32. The van der Waals surface area contributed by atoms with Crippen LogP contribution in [0.25, 0.3) is 0 Å². The van der Waals surface area contributed by atoms with E-state index in [1.807, 2.05) is 27.7 Å². The molecule has 1 aromatic carbocycles. The molecule has 0 heterocycles. The van der Waals surface area contributed by atoms with Gasteiger partial charge in [0.1, 0.15) is 5.82 Å². The first kappa shape index (κ1) is 11.2. The highest BCUT2D eigenvalue weighted by Crippen LogP contribution is 2.20. The average Bonchev–Trinajstić information content (AvgIpc) is 2.04. The number of benzene rings is 1. The van der Waals surface area contributed by atoms with E-state index in [0.29, 0.717) is 6.42 Å². The zero-order valence-electron chi connectivity index (χ0n) is 9.32. The summed E-state index contributed by atoms with van der Waals surface area (Å²) in [6.45, 7) is 7.75. The van der Waals surface area contributed by atoms with E-state index in [2.05, 4.69) is 0 Å². The first-order valence-corrected chi connectivity index (χ1v) is 4.85. The zero-order chi connectivity index (χ0) is 10.9. The summed E-state index contributed by atoms with van der Waals surface area (Å²) in [5, 5.41) is 0. The lowest BCUT2D eigenvalue weighted by Crippen LogP contribution is -2.35. The minimum absolute atomic E-state index is 0.147. The molecule has 78 valence electrons. The van der Waals surface area contributed by atoms with Gasteiger partial charge in [-0.25, -0.2) is 4.39 Å². The van der Waals surface area contributed by atoms with Crippen molar-refractivity contribution < 1.29 is 4.39 Å². The number of hydrogen-bond donors (Lipinski definition) is 1. The minimum Gasteiger partial charge on any atom is -0.325 e. The molecule has 0 aliphatic rings. The monoisotopic (exact) mass is 195 g/mol. The van der Waals surface area contributed by atoms with Crippen molar-refractivity contribution in [2.45, 2.75) is 39.7 Å². The fourth-order valence-electron chi connectivity index (χ4n) is 1.51. The maximum atomic E-state index is 13.5. The van der Waals surface area contributed by atoms with Gasteiger partial charge in [0.25, 0.3) is 0 Å². The van der Waals surface area contributed by atoms with Crippen LogP contribution < -0.4 is 5.73 Å². The summed E-state index contributed by atoms with van der Waals surface area (Å²) >= 11 is 0. The van der Waals surface area contributed by atoms with Gasteiger partial charge in [-0.2, -0.15) is 0 Å². The van der Waals surface area contributed by atoms with Gasteiger partial charge in [0.15, 0.2) is 0 Å². The molecule has 0 radical (unpaired) electrons. The van der Waals surface area contributed by atoms with Crippen LogP contribution in [-0.2, 0) is 6.42 Å². The smallest absolute Gasteiger partial charge is 0.126 e. The van der Waals surface area contributed by atoms with Crippen LogP contribution in [0, 0.1) is 19.7 Å². The molecule has 0 aliphatic carbocycles. The predicted octanol–water partition coefficient (Wildman–Crippen LogP) is 2.72. The molecule has 0 bridgehead atoms. The number of aryl methyl sites for hydroxylation is 1.